The molecule has 0 aliphatic carbocycles. The summed E-state index contributed by atoms with van der Waals surface area (Å²) in [5.74, 6) is -2.61. The summed E-state index contributed by atoms with van der Waals surface area (Å²) in [5.41, 5.74) is 4.94. The number of amides is 1. The number of hydrogen-bond donors (Lipinski definition) is 3. The highest BCUT2D eigenvalue weighted by Crippen LogP contribution is 2.15. The Labute approximate surface area is 84.7 Å². The topological polar surface area (TPSA) is 92.4 Å². The van der Waals surface area contributed by atoms with Crippen molar-refractivity contribution < 1.29 is 19.1 Å². The van der Waals surface area contributed by atoms with Crippen LogP contribution in [0.4, 0.5) is 10.1 Å². The summed E-state index contributed by atoms with van der Waals surface area (Å²) >= 11 is 0. The Hall–Kier alpha value is -2.11. The zero-order valence-electron chi connectivity index (χ0n) is 7.66. The van der Waals surface area contributed by atoms with Gasteiger partial charge in [0.1, 0.15) is 12.4 Å². The molecule has 0 aliphatic heterocycles. The van der Waals surface area contributed by atoms with E-state index >= 15 is 0 Å². The molecule has 0 fully saturated rings. The molecule has 0 saturated carbocycles. The smallest absolute Gasteiger partial charge is 0.322 e. The molecule has 80 valence electrons. The number of carbonyl (C=O) groups is 2. The second-order valence-electron chi connectivity index (χ2n) is 2.78. The lowest BCUT2D eigenvalue weighted by Crippen LogP contribution is -2.29. The quantitative estimate of drug-likeness (QED) is 0.625. The van der Waals surface area contributed by atoms with Crippen molar-refractivity contribution in [2.45, 2.75) is 0 Å². The van der Waals surface area contributed by atoms with Gasteiger partial charge < -0.3 is 16.2 Å². The highest BCUT2D eigenvalue weighted by Gasteiger charge is 2.12. The summed E-state index contributed by atoms with van der Waals surface area (Å²) in [5, 5.41) is 10.4. The predicted octanol–water partition coefficient (Wildman–Crippen LogP) is 0.222. The number of nitrogens with one attached hydrogen (secondary N) is 1. The summed E-state index contributed by atoms with van der Waals surface area (Å²) in [6, 6.07) is 3.75. The van der Waals surface area contributed by atoms with Crippen LogP contribution in [-0.2, 0) is 4.79 Å². The number of benzene rings is 1. The molecule has 1 rings (SSSR count). The zero-order valence-corrected chi connectivity index (χ0v) is 7.66. The molecular weight excluding hydrogens is 203 g/mol. The molecule has 0 aliphatic rings. The van der Waals surface area contributed by atoms with Crippen molar-refractivity contribution in [1.29, 1.82) is 0 Å². The second-order valence-corrected chi connectivity index (χ2v) is 2.78. The average Bonchev–Trinajstić information content (AvgIpc) is 2.18. The van der Waals surface area contributed by atoms with Gasteiger partial charge in [0.25, 0.3) is 5.91 Å². The number of rotatable bonds is 3. The van der Waals surface area contributed by atoms with E-state index in [0.29, 0.717) is 0 Å². The van der Waals surface area contributed by atoms with Gasteiger partial charge in [-0.15, -0.1) is 0 Å². The van der Waals surface area contributed by atoms with Gasteiger partial charge in [0.15, 0.2) is 0 Å². The lowest BCUT2D eigenvalue weighted by atomic mass is 10.1. The number of nitrogens with two attached hydrogens (primary N) is 1. The number of carboxylic acid groups (broad SMARTS) is 1. The van der Waals surface area contributed by atoms with Crippen LogP contribution in [0.25, 0.3) is 0 Å². The Bertz CT molecular complexity index is 406. The van der Waals surface area contributed by atoms with Crippen molar-refractivity contribution >= 4 is 17.6 Å². The summed E-state index contributed by atoms with van der Waals surface area (Å²) in [6.07, 6.45) is 0. The lowest BCUT2D eigenvalue weighted by Gasteiger charge is -2.05. The van der Waals surface area contributed by atoms with Crippen molar-refractivity contribution in [3.05, 3.63) is 29.6 Å². The molecule has 1 aromatic carbocycles. The number of carbonyl (C=O) groups excluding carboxylic acids is 1. The molecule has 0 bridgehead atoms. The molecule has 0 saturated heterocycles. The first-order valence-electron chi connectivity index (χ1n) is 4.06. The van der Waals surface area contributed by atoms with Gasteiger partial charge in [-0.3, -0.25) is 9.59 Å². The Morgan fingerprint density at radius 3 is 2.73 bits per heavy atom. The number of para-hydroxylation sites is 1. The number of anilines is 1. The van der Waals surface area contributed by atoms with Crippen LogP contribution < -0.4 is 11.1 Å². The third-order valence-corrected chi connectivity index (χ3v) is 1.70. The van der Waals surface area contributed by atoms with E-state index < -0.39 is 24.2 Å². The van der Waals surface area contributed by atoms with Gasteiger partial charge in [-0.05, 0) is 12.1 Å². The van der Waals surface area contributed by atoms with Crippen LogP contribution in [0.15, 0.2) is 18.2 Å². The van der Waals surface area contributed by atoms with E-state index in [4.69, 9.17) is 10.8 Å². The van der Waals surface area contributed by atoms with E-state index in [-0.39, 0.29) is 11.3 Å². The SMILES string of the molecule is Nc1c(F)cccc1C(=O)NCC(=O)O. The van der Waals surface area contributed by atoms with Gasteiger partial charge in [-0.25, -0.2) is 4.39 Å². The van der Waals surface area contributed by atoms with Gasteiger partial charge in [-0.2, -0.15) is 0 Å². The third kappa shape index (κ3) is 2.67. The highest BCUT2D eigenvalue weighted by atomic mass is 19.1. The molecular formula is C9H9FN2O3. The fourth-order valence-corrected chi connectivity index (χ4v) is 0.986. The van der Waals surface area contributed by atoms with Gasteiger partial charge in [0.2, 0.25) is 0 Å². The maximum Gasteiger partial charge on any atom is 0.322 e. The van der Waals surface area contributed by atoms with E-state index in [1.807, 2.05) is 0 Å². The number of carboxylic acids is 1. The first-order valence-corrected chi connectivity index (χ1v) is 4.06. The largest absolute Gasteiger partial charge is 0.480 e. The van der Waals surface area contributed by atoms with Crippen molar-refractivity contribution in [2.75, 3.05) is 12.3 Å². The van der Waals surface area contributed by atoms with Crippen LogP contribution in [0.5, 0.6) is 0 Å². The second kappa shape index (κ2) is 4.41. The van der Waals surface area contributed by atoms with Gasteiger partial charge in [0.05, 0.1) is 11.3 Å². The molecule has 0 atom stereocenters. The van der Waals surface area contributed by atoms with E-state index in [0.717, 1.165) is 6.07 Å². The summed E-state index contributed by atoms with van der Waals surface area (Å²) in [7, 11) is 0. The molecule has 1 amide bonds. The Morgan fingerprint density at radius 1 is 1.47 bits per heavy atom. The Kier molecular flexibility index (Phi) is 3.22. The normalized spacial score (nSPS) is 9.67. The maximum absolute atomic E-state index is 12.9. The molecule has 0 heterocycles. The maximum atomic E-state index is 12.9. The molecule has 0 unspecified atom stereocenters. The number of aliphatic carboxylic acids is 1. The van der Waals surface area contributed by atoms with Crippen LogP contribution in [0.3, 0.4) is 0 Å². The first-order chi connectivity index (χ1) is 7.02. The van der Waals surface area contributed by atoms with Crippen LogP contribution >= 0.6 is 0 Å². The minimum absolute atomic E-state index is 0.0729. The monoisotopic (exact) mass is 212 g/mol. The first kappa shape index (κ1) is 11.0. The summed E-state index contributed by atoms with van der Waals surface area (Å²) < 4.78 is 12.9. The fraction of sp³-hybridized carbons (Fsp3) is 0.111. The molecule has 0 spiro atoms. The van der Waals surface area contributed by atoms with Crippen LogP contribution in [0.2, 0.25) is 0 Å². The lowest BCUT2D eigenvalue weighted by molar-refractivity contribution is -0.135. The van der Waals surface area contributed by atoms with E-state index in [1.54, 1.807) is 0 Å². The zero-order chi connectivity index (χ0) is 11.4. The molecule has 5 nitrogen and oxygen atoms in total. The van der Waals surface area contributed by atoms with Gasteiger partial charge in [0, 0.05) is 0 Å². The molecule has 1 aromatic rings. The molecule has 15 heavy (non-hydrogen) atoms. The van der Waals surface area contributed by atoms with Crippen molar-refractivity contribution in [3.63, 3.8) is 0 Å². The Morgan fingerprint density at radius 2 is 2.13 bits per heavy atom. The minimum Gasteiger partial charge on any atom is -0.480 e. The number of nitrogen functional groups attached to an aromatic ring is 1. The molecule has 0 aromatic heterocycles. The predicted molar refractivity (Wildman–Crippen MR) is 50.8 cm³/mol. The minimum atomic E-state index is -1.18. The average molecular weight is 212 g/mol. The molecule has 6 heteroatoms. The van der Waals surface area contributed by atoms with E-state index in [1.165, 1.54) is 12.1 Å². The Balaban J connectivity index is 2.82. The van der Waals surface area contributed by atoms with Crippen LogP contribution in [-0.4, -0.2) is 23.5 Å². The van der Waals surface area contributed by atoms with Gasteiger partial charge in [-0.1, -0.05) is 6.07 Å². The van der Waals surface area contributed by atoms with E-state index in [2.05, 4.69) is 5.32 Å². The third-order valence-electron chi connectivity index (χ3n) is 1.70. The van der Waals surface area contributed by atoms with E-state index in [9.17, 15) is 14.0 Å². The van der Waals surface area contributed by atoms with Crippen molar-refractivity contribution in [1.82, 2.24) is 5.32 Å². The summed E-state index contributed by atoms with van der Waals surface area (Å²) in [4.78, 5) is 21.5. The summed E-state index contributed by atoms with van der Waals surface area (Å²) in [6.45, 7) is -0.533. The number of hydrogen-bond acceptors (Lipinski definition) is 3. The fourth-order valence-electron chi connectivity index (χ4n) is 0.986. The van der Waals surface area contributed by atoms with Crippen molar-refractivity contribution in [3.8, 4) is 0 Å². The molecule has 0 radical (unpaired) electrons. The van der Waals surface area contributed by atoms with Crippen LogP contribution in [0, 0.1) is 5.82 Å². The number of halogens is 1. The van der Waals surface area contributed by atoms with Crippen molar-refractivity contribution in [2.24, 2.45) is 0 Å². The molecule has 4 N–H and O–H groups in total. The van der Waals surface area contributed by atoms with Crippen LogP contribution in [0.1, 0.15) is 10.4 Å². The standard InChI is InChI=1S/C9H9FN2O3/c10-6-3-1-2-5(8(6)11)9(15)12-4-7(13)14/h1-3H,4,11H2,(H,12,15)(H,13,14). The highest BCUT2D eigenvalue weighted by molar-refractivity contribution is 6.00. The van der Waals surface area contributed by atoms with Gasteiger partial charge >= 0.3 is 5.97 Å².